The highest BCUT2D eigenvalue weighted by Crippen LogP contribution is 2.34. The van der Waals surface area contributed by atoms with Crippen LogP contribution in [0.5, 0.6) is 17.2 Å². The number of nitrogens with one attached hydrogen (secondary N) is 1. The van der Waals surface area contributed by atoms with E-state index in [1.54, 1.807) is 43.4 Å². The molecule has 4 aromatic rings. The molecule has 3 aromatic carbocycles. The lowest BCUT2D eigenvalue weighted by Gasteiger charge is -2.36. The summed E-state index contributed by atoms with van der Waals surface area (Å²) in [5.41, 5.74) is 2.21. The van der Waals surface area contributed by atoms with E-state index >= 15 is 0 Å². The normalized spacial score (nSPS) is 13.3. The number of para-hydroxylation sites is 1. The Kier molecular flexibility index (Phi) is 7.08. The monoisotopic (exact) mass is 515 g/mol. The first kappa shape index (κ1) is 25.0. The van der Waals surface area contributed by atoms with Crippen molar-refractivity contribution in [2.75, 3.05) is 57.7 Å². The van der Waals surface area contributed by atoms with Gasteiger partial charge in [-0.05, 0) is 36.4 Å². The fraction of sp³-hybridized carbons (Fsp3) is 0.241. The molecule has 0 bridgehead atoms. The summed E-state index contributed by atoms with van der Waals surface area (Å²) < 4.78 is 22.0. The zero-order valence-corrected chi connectivity index (χ0v) is 21.5. The fourth-order valence-electron chi connectivity index (χ4n) is 4.61. The number of nitrogens with zero attached hydrogens (tertiary/aromatic N) is 2. The van der Waals surface area contributed by atoms with Crippen LogP contribution in [0.15, 0.2) is 71.1 Å². The van der Waals surface area contributed by atoms with Crippen molar-refractivity contribution in [3.8, 4) is 17.2 Å². The number of methoxy groups -OCH3 is 3. The van der Waals surface area contributed by atoms with Gasteiger partial charge in [-0.25, -0.2) is 0 Å². The maximum Gasteiger partial charge on any atom is 0.291 e. The van der Waals surface area contributed by atoms with E-state index in [-0.39, 0.29) is 11.7 Å². The Morgan fingerprint density at radius 3 is 2.29 bits per heavy atom. The highest BCUT2D eigenvalue weighted by Gasteiger charge is 2.29. The van der Waals surface area contributed by atoms with Crippen LogP contribution in [0.3, 0.4) is 0 Å². The maximum absolute atomic E-state index is 13.7. The van der Waals surface area contributed by atoms with Crippen molar-refractivity contribution in [1.29, 1.82) is 0 Å². The number of amides is 2. The van der Waals surface area contributed by atoms with Crippen molar-refractivity contribution >= 4 is 34.2 Å². The first-order valence-corrected chi connectivity index (χ1v) is 12.3. The Morgan fingerprint density at radius 1 is 0.816 bits per heavy atom. The molecule has 2 heterocycles. The molecule has 0 radical (unpaired) electrons. The van der Waals surface area contributed by atoms with Gasteiger partial charge in [0.2, 0.25) is 5.76 Å². The van der Waals surface area contributed by atoms with E-state index in [2.05, 4.69) is 10.2 Å². The van der Waals surface area contributed by atoms with Crippen LogP contribution in [-0.2, 0) is 0 Å². The Hall–Kier alpha value is -4.66. The molecule has 0 aliphatic carbocycles. The van der Waals surface area contributed by atoms with Gasteiger partial charge in [0.05, 0.1) is 26.9 Å². The molecule has 1 aliphatic rings. The van der Waals surface area contributed by atoms with Crippen LogP contribution in [0, 0.1) is 0 Å². The third-order valence-electron chi connectivity index (χ3n) is 6.67. The number of piperazine rings is 1. The number of benzene rings is 3. The largest absolute Gasteiger partial charge is 0.497 e. The highest BCUT2D eigenvalue weighted by molar-refractivity contribution is 6.15. The van der Waals surface area contributed by atoms with E-state index in [4.69, 9.17) is 18.6 Å². The van der Waals surface area contributed by atoms with Crippen LogP contribution in [-0.4, -0.2) is 64.2 Å². The molecule has 38 heavy (non-hydrogen) atoms. The van der Waals surface area contributed by atoms with Gasteiger partial charge in [0.25, 0.3) is 11.8 Å². The van der Waals surface area contributed by atoms with E-state index < -0.39 is 5.91 Å². The number of furan rings is 1. The number of hydrogen-bond donors (Lipinski definition) is 1. The van der Waals surface area contributed by atoms with Crippen LogP contribution >= 0.6 is 0 Å². The molecule has 9 heteroatoms. The lowest BCUT2D eigenvalue weighted by Crippen LogP contribution is -2.48. The second-order valence-corrected chi connectivity index (χ2v) is 8.80. The predicted octanol–water partition coefficient (Wildman–Crippen LogP) is 4.67. The molecule has 1 aromatic heterocycles. The van der Waals surface area contributed by atoms with Crippen molar-refractivity contribution in [3.05, 3.63) is 78.1 Å². The molecule has 1 N–H and O–H groups in total. The van der Waals surface area contributed by atoms with Crippen molar-refractivity contribution in [2.24, 2.45) is 0 Å². The molecule has 0 atom stereocenters. The van der Waals surface area contributed by atoms with Crippen molar-refractivity contribution in [1.82, 2.24) is 4.90 Å². The van der Waals surface area contributed by atoms with E-state index in [9.17, 15) is 9.59 Å². The standard InChI is InChI=1S/C29H29N3O6/c1-35-20-8-6-7-19(17-20)31-13-15-32(16-14-31)29(34)27-26(22-9-4-5-10-24(22)38-27)30-28(33)23-12-11-21(36-2)18-25(23)37-3/h4-12,17-18H,13-16H2,1-3H3,(H,30,33). The average molecular weight is 516 g/mol. The minimum absolute atomic E-state index is 0.0989. The third-order valence-corrected chi connectivity index (χ3v) is 6.67. The Bertz CT molecular complexity index is 1470. The van der Waals surface area contributed by atoms with Gasteiger partial charge in [-0.2, -0.15) is 0 Å². The highest BCUT2D eigenvalue weighted by atomic mass is 16.5. The summed E-state index contributed by atoms with van der Waals surface area (Å²) in [6.45, 7) is 2.33. The quantitative estimate of drug-likeness (QED) is 0.382. The van der Waals surface area contributed by atoms with Crippen molar-refractivity contribution in [2.45, 2.75) is 0 Å². The molecule has 1 aliphatic heterocycles. The van der Waals surface area contributed by atoms with E-state index in [1.165, 1.54) is 7.11 Å². The van der Waals surface area contributed by atoms with Gasteiger partial charge >= 0.3 is 0 Å². The van der Waals surface area contributed by atoms with Gasteiger partial charge in [-0.1, -0.05) is 18.2 Å². The van der Waals surface area contributed by atoms with Crippen LogP contribution < -0.4 is 24.4 Å². The van der Waals surface area contributed by atoms with Gasteiger partial charge in [0, 0.05) is 49.4 Å². The summed E-state index contributed by atoms with van der Waals surface area (Å²) in [6.07, 6.45) is 0. The number of carbonyl (C=O) groups is 2. The molecule has 9 nitrogen and oxygen atoms in total. The smallest absolute Gasteiger partial charge is 0.291 e. The summed E-state index contributed by atoms with van der Waals surface area (Å²) in [5, 5.41) is 3.55. The Balaban J connectivity index is 1.39. The van der Waals surface area contributed by atoms with Crippen LogP contribution in [0.4, 0.5) is 11.4 Å². The molecule has 196 valence electrons. The number of hydrogen-bond acceptors (Lipinski definition) is 7. The van der Waals surface area contributed by atoms with Gasteiger partial charge in [0.1, 0.15) is 28.5 Å². The molecule has 1 saturated heterocycles. The predicted molar refractivity (Wildman–Crippen MR) is 145 cm³/mol. The Morgan fingerprint density at radius 2 is 1.55 bits per heavy atom. The number of ether oxygens (including phenoxy) is 3. The van der Waals surface area contributed by atoms with Crippen LogP contribution in [0.25, 0.3) is 11.0 Å². The van der Waals surface area contributed by atoms with E-state index in [0.29, 0.717) is 59.9 Å². The topological polar surface area (TPSA) is 93.5 Å². The molecule has 0 spiro atoms. The van der Waals surface area contributed by atoms with E-state index in [1.807, 2.05) is 42.5 Å². The first-order valence-electron chi connectivity index (χ1n) is 12.3. The maximum atomic E-state index is 13.7. The second kappa shape index (κ2) is 10.8. The average Bonchev–Trinajstić information content (AvgIpc) is 3.34. The minimum atomic E-state index is -0.423. The van der Waals surface area contributed by atoms with Gasteiger partial charge in [-0.3, -0.25) is 9.59 Å². The third kappa shape index (κ3) is 4.82. The number of rotatable bonds is 7. The summed E-state index contributed by atoms with van der Waals surface area (Å²) >= 11 is 0. The number of fused-ring (bicyclic) bond motifs is 1. The zero-order chi connectivity index (χ0) is 26.6. The summed E-state index contributed by atoms with van der Waals surface area (Å²) in [4.78, 5) is 30.9. The molecular formula is C29H29N3O6. The second-order valence-electron chi connectivity index (χ2n) is 8.80. The first-order chi connectivity index (χ1) is 18.5. The van der Waals surface area contributed by atoms with Crippen molar-refractivity contribution < 1.29 is 28.2 Å². The summed E-state index contributed by atoms with van der Waals surface area (Å²) in [7, 11) is 4.67. The fourth-order valence-corrected chi connectivity index (χ4v) is 4.61. The Labute approximate surface area is 220 Å². The number of anilines is 2. The molecule has 5 rings (SSSR count). The van der Waals surface area contributed by atoms with E-state index in [0.717, 1.165) is 11.4 Å². The lowest BCUT2D eigenvalue weighted by atomic mass is 10.1. The SMILES string of the molecule is COc1cccc(N2CCN(C(=O)c3oc4ccccc4c3NC(=O)c3ccc(OC)cc3OC)CC2)c1. The molecule has 0 saturated carbocycles. The summed E-state index contributed by atoms with van der Waals surface area (Å²) in [5.74, 6) is 1.11. The van der Waals surface area contributed by atoms with Crippen molar-refractivity contribution in [3.63, 3.8) is 0 Å². The molecule has 1 fully saturated rings. The van der Waals surface area contributed by atoms with Crippen LogP contribution in [0.1, 0.15) is 20.9 Å². The minimum Gasteiger partial charge on any atom is -0.497 e. The van der Waals surface area contributed by atoms with Crippen LogP contribution in [0.2, 0.25) is 0 Å². The van der Waals surface area contributed by atoms with Gasteiger partial charge < -0.3 is 33.7 Å². The molecule has 0 unspecified atom stereocenters. The number of carbonyl (C=O) groups excluding carboxylic acids is 2. The van der Waals surface area contributed by atoms with Gasteiger partial charge in [-0.15, -0.1) is 0 Å². The molecule has 2 amide bonds. The lowest BCUT2D eigenvalue weighted by molar-refractivity contribution is 0.0718. The zero-order valence-electron chi connectivity index (χ0n) is 21.5. The van der Waals surface area contributed by atoms with Gasteiger partial charge in [0.15, 0.2) is 0 Å². The summed E-state index contributed by atoms with van der Waals surface area (Å²) in [6, 6.07) is 20.1. The molecular weight excluding hydrogens is 486 g/mol.